The number of nitrogens with zero attached hydrogens (tertiary/aromatic N) is 3. The molecule has 0 aliphatic carbocycles. The molecule has 3 nitrogen and oxygen atoms in total. The van der Waals surface area contributed by atoms with Crippen LogP contribution in [0, 0.1) is 0 Å². The van der Waals surface area contributed by atoms with Gasteiger partial charge in [0, 0.05) is 50.7 Å². The minimum atomic E-state index is -0.406. The molecule has 0 N–H and O–H groups in total. The van der Waals surface area contributed by atoms with Crippen LogP contribution in [-0.4, -0.2) is 34.4 Å². The first-order chi connectivity index (χ1) is 10.3. The van der Waals surface area contributed by atoms with E-state index >= 15 is 0 Å². The van der Waals surface area contributed by atoms with Gasteiger partial charge >= 0.3 is 0 Å². The number of aromatic nitrogens is 1. The first kappa shape index (κ1) is 13.3. The van der Waals surface area contributed by atoms with Gasteiger partial charge in [-0.15, -0.1) is 0 Å². The lowest BCUT2D eigenvalue weighted by Crippen LogP contribution is -2.53. The van der Waals surface area contributed by atoms with Crippen molar-refractivity contribution in [2.75, 3.05) is 19.6 Å². The highest BCUT2D eigenvalue weighted by Crippen LogP contribution is 2.44. The van der Waals surface area contributed by atoms with Crippen molar-refractivity contribution in [3.05, 3.63) is 65.5 Å². The Hall–Kier alpha value is -1.42. The fraction of sp³-hybridized carbons (Fsp3) is 0.353. The molecule has 0 radical (unpaired) electrons. The zero-order valence-electron chi connectivity index (χ0n) is 11.9. The lowest BCUT2D eigenvalue weighted by Gasteiger charge is -2.43. The van der Waals surface area contributed by atoms with Crippen molar-refractivity contribution in [1.29, 1.82) is 0 Å². The van der Waals surface area contributed by atoms with Gasteiger partial charge in [0.25, 0.3) is 0 Å². The highest BCUT2D eigenvalue weighted by molar-refractivity contribution is 6.24. The molecule has 0 amide bonds. The number of benzene rings is 1. The second kappa shape index (κ2) is 5.09. The van der Waals surface area contributed by atoms with Crippen LogP contribution in [0.2, 0.25) is 0 Å². The van der Waals surface area contributed by atoms with Crippen LogP contribution >= 0.6 is 11.6 Å². The molecule has 4 heteroatoms. The average molecular weight is 300 g/mol. The second-order valence-corrected chi connectivity index (χ2v) is 6.54. The number of piperazine rings is 1. The lowest BCUT2D eigenvalue weighted by molar-refractivity contribution is 0.0524. The molecule has 108 valence electrons. The monoisotopic (exact) mass is 299 g/mol. The van der Waals surface area contributed by atoms with Crippen molar-refractivity contribution in [3.63, 3.8) is 0 Å². The standard InChI is InChI=1S/C17H18ClN3/c18-17-13-20(11-14-4-2-1-3-5-14)8-9-21(17)12-15-6-7-19-10-16(15)17/h1-7,10H,8-9,11-13H2. The number of halogens is 1. The number of pyridine rings is 1. The molecule has 1 atom stereocenters. The van der Waals surface area contributed by atoms with E-state index in [1.807, 2.05) is 12.4 Å². The molecule has 0 bridgehead atoms. The van der Waals surface area contributed by atoms with Gasteiger partial charge in [-0.3, -0.25) is 14.8 Å². The van der Waals surface area contributed by atoms with Crippen molar-refractivity contribution in [2.45, 2.75) is 18.1 Å². The SMILES string of the molecule is ClC12CN(Cc3ccccc3)CCN1Cc1ccncc12. The Morgan fingerprint density at radius 2 is 2.00 bits per heavy atom. The summed E-state index contributed by atoms with van der Waals surface area (Å²) in [5.41, 5.74) is 3.85. The van der Waals surface area contributed by atoms with Gasteiger partial charge < -0.3 is 0 Å². The molecular formula is C17H18ClN3. The van der Waals surface area contributed by atoms with Crippen molar-refractivity contribution in [3.8, 4) is 0 Å². The van der Waals surface area contributed by atoms with Crippen LogP contribution in [0.25, 0.3) is 0 Å². The summed E-state index contributed by atoms with van der Waals surface area (Å²) < 4.78 is 0. The van der Waals surface area contributed by atoms with Crippen molar-refractivity contribution < 1.29 is 0 Å². The normalized spacial score (nSPS) is 25.6. The molecule has 2 aromatic rings. The lowest BCUT2D eigenvalue weighted by atomic mass is 10.0. The highest BCUT2D eigenvalue weighted by Gasteiger charge is 2.47. The summed E-state index contributed by atoms with van der Waals surface area (Å²) in [7, 11) is 0. The van der Waals surface area contributed by atoms with Gasteiger partial charge in [-0.2, -0.15) is 0 Å². The number of hydrogen-bond donors (Lipinski definition) is 0. The average Bonchev–Trinajstić information content (AvgIpc) is 2.81. The molecule has 0 saturated carbocycles. The van der Waals surface area contributed by atoms with Gasteiger partial charge in [0.1, 0.15) is 5.00 Å². The molecule has 21 heavy (non-hydrogen) atoms. The largest absolute Gasteiger partial charge is 0.294 e. The summed E-state index contributed by atoms with van der Waals surface area (Å²) >= 11 is 7.01. The van der Waals surface area contributed by atoms with Crippen LogP contribution in [0.15, 0.2) is 48.8 Å². The Morgan fingerprint density at radius 3 is 2.86 bits per heavy atom. The first-order valence-corrected chi connectivity index (χ1v) is 7.77. The quantitative estimate of drug-likeness (QED) is 0.628. The van der Waals surface area contributed by atoms with Crippen molar-refractivity contribution in [2.24, 2.45) is 0 Å². The van der Waals surface area contributed by atoms with E-state index in [2.05, 4.69) is 51.2 Å². The van der Waals surface area contributed by atoms with Gasteiger partial charge in [-0.25, -0.2) is 0 Å². The van der Waals surface area contributed by atoms with E-state index in [1.165, 1.54) is 16.7 Å². The van der Waals surface area contributed by atoms with E-state index in [0.717, 1.165) is 32.7 Å². The topological polar surface area (TPSA) is 19.4 Å². The molecule has 4 rings (SSSR count). The van der Waals surface area contributed by atoms with E-state index < -0.39 is 5.00 Å². The van der Waals surface area contributed by atoms with Gasteiger partial charge in [0.15, 0.2) is 0 Å². The summed E-state index contributed by atoms with van der Waals surface area (Å²) in [4.78, 5) is 8.69. The van der Waals surface area contributed by atoms with E-state index in [-0.39, 0.29) is 0 Å². The maximum Gasteiger partial charge on any atom is 0.136 e. The Bertz CT molecular complexity index is 645. The third-order valence-corrected chi connectivity index (χ3v) is 5.12. The molecule has 1 aromatic carbocycles. The second-order valence-electron chi connectivity index (χ2n) is 5.91. The predicted octanol–water partition coefficient (Wildman–Crippen LogP) is 2.80. The van der Waals surface area contributed by atoms with Gasteiger partial charge in [-0.05, 0) is 17.2 Å². The Kier molecular flexibility index (Phi) is 3.21. The van der Waals surface area contributed by atoms with Crippen LogP contribution in [0.5, 0.6) is 0 Å². The van der Waals surface area contributed by atoms with E-state index in [1.54, 1.807) is 0 Å². The van der Waals surface area contributed by atoms with Crippen LogP contribution in [-0.2, 0) is 18.1 Å². The van der Waals surface area contributed by atoms with Crippen LogP contribution in [0.1, 0.15) is 16.7 Å². The number of rotatable bonds is 2. The molecule has 0 spiro atoms. The van der Waals surface area contributed by atoms with Crippen LogP contribution < -0.4 is 0 Å². The van der Waals surface area contributed by atoms with Crippen LogP contribution in [0.4, 0.5) is 0 Å². The summed E-state index contributed by atoms with van der Waals surface area (Å²) in [5.74, 6) is 0. The summed E-state index contributed by atoms with van der Waals surface area (Å²) in [5, 5.41) is 0. The smallest absolute Gasteiger partial charge is 0.136 e. The highest BCUT2D eigenvalue weighted by atomic mass is 35.5. The Labute approximate surface area is 130 Å². The Morgan fingerprint density at radius 1 is 1.14 bits per heavy atom. The zero-order valence-corrected chi connectivity index (χ0v) is 12.6. The third kappa shape index (κ3) is 2.26. The van der Waals surface area contributed by atoms with Gasteiger partial charge in [0.05, 0.1) is 0 Å². The van der Waals surface area contributed by atoms with Crippen molar-refractivity contribution in [1.82, 2.24) is 14.8 Å². The predicted molar refractivity (Wildman–Crippen MR) is 83.9 cm³/mol. The maximum atomic E-state index is 7.01. The zero-order chi connectivity index (χ0) is 14.3. The molecule has 1 unspecified atom stereocenters. The van der Waals surface area contributed by atoms with E-state index in [9.17, 15) is 0 Å². The third-order valence-electron chi connectivity index (χ3n) is 4.55. The van der Waals surface area contributed by atoms with Crippen molar-refractivity contribution >= 4 is 11.6 Å². The number of fused-ring (bicyclic) bond motifs is 3. The van der Waals surface area contributed by atoms with E-state index in [0.29, 0.717) is 0 Å². The fourth-order valence-corrected chi connectivity index (χ4v) is 3.95. The molecule has 3 heterocycles. The maximum absolute atomic E-state index is 7.01. The molecule has 1 saturated heterocycles. The summed E-state index contributed by atoms with van der Waals surface area (Å²) in [6.07, 6.45) is 3.80. The molecule has 1 fully saturated rings. The van der Waals surface area contributed by atoms with Gasteiger partial charge in [-0.1, -0.05) is 41.9 Å². The summed E-state index contributed by atoms with van der Waals surface area (Å²) in [6, 6.07) is 12.7. The minimum Gasteiger partial charge on any atom is -0.294 e. The molecule has 2 aliphatic heterocycles. The van der Waals surface area contributed by atoms with Gasteiger partial charge in [0.2, 0.25) is 0 Å². The summed E-state index contributed by atoms with van der Waals surface area (Å²) in [6.45, 7) is 4.82. The first-order valence-electron chi connectivity index (χ1n) is 7.39. The molecular weight excluding hydrogens is 282 g/mol. The fourth-order valence-electron chi connectivity index (χ4n) is 3.46. The minimum absolute atomic E-state index is 0.406. The molecule has 1 aromatic heterocycles. The van der Waals surface area contributed by atoms with Crippen LogP contribution in [0.3, 0.4) is 0 Å². The number of alkyl halides is 1. The molecule has 2 aliphatic rings. The number of hydrogen-bond acceptors (Lipinski definition) is 3. The van der Waals surface area contributed by atoms with E-state index in [4.69, 9.17) is 11.6 Å². The Balaban J connectivity index is 1.58.